The summed E-state index contributed by atoms with van der Waals surface area (Å²) in [5.41, 5.74) is 7.59. The van der Waals surface area contributed by atoms with Gasteiger partial charge in [-0.25, -0.2) is 4.39 Å². The summed E-state index contributed by atoms with van der Waals surface area (Å²) in [4.78, 5) is 12.0. The van der Waals surface area contributed by atoms with E-state index < -0.39 is 11.7 Å². The number of carbonyl (C=O) groups excluding carboxylic acids is 1. The van der Waals surface area contributed by atoms with E-state index in [1.807, 2.05) is 6.92 Å². The molecule has 2 aromatic carbocycles. The lowest BCUT2D eigenvalue weighted by Crippen LogP contribution is -2.13. The third kappa shape index (κ3) is 3.32. The van der Waals surface area contributed by atoms with Crippen LogP contribution in [0, 0.1) is 12.7 Å². The fourth-order valence-corrected chi connectivity index (χ4v) is 2.06. The van der Waals surface area contributed by atoms with E-state index in [0.29, 0.717) is 15.7 Å². The number of aryl methyl sites for hydroxylation is 1. The number of amides is 1. The molecule has 2 aromatic rings. The first-order valence-corrected chi connectivity index (χ1v) is 6.38. The van der Waals surface area contributed by atoms with Crippen molar-refractivity contribution < 1.29 is 9.18 Å². The van der Waals surface area contributed by atoms with E-state index in [4.69, 9.17) is 5.73 Å². The Morgan fingerprint density at radius 1 is 1.26 bits per heavy atom. The maximum atomic E-state index is 13.6. The number of halogens is 2. The minimum atomic E-state index is -0.497. The molecule has 0 aliphatic carbocycles. The Balaban J connectivity index is 2.25. The highest BCUT2D eigenvalue weighted by molar-refractivity contribution is 9.10. The Labute approximate surface area is 118 Å². The second-order valence-electron chi connectivity index (χ2n) is 4.21. The molecule has 0 heterocycles. The van der Waals surface area contributed by atoms with Crippen LogP contribution in [-0.2, 0) is 0 Å². The molecule has 0 spiro atoms. The Kier molecular flexibility index (Phi) is 3.85. The molecule has 2 rings (SSSR count). The van der Waals surface area contributed by atoms with Gasteiger partial charge in [0, 0.05) is 15.7 Å². The molecule has 0 bridgehead atoms. The van der Waals surface area contributed by atoms with E-state index in [-0.39, 0.29) is 5.69 Å². The Morgan fingerprint density at radius 2 is 2.00 bits per heavy atom. The van der Waals surface area contributed by atoms with Gasteiger partial charge in [0.15, 0.2) is 0 Å². The van der Waals surface area contributed by atoms with Crippen LogP contribution in [0.5, 0.6) is 0 Å². The molecule has 0 atom stereocenters. The van der Waals surface area contributed by atoms with Crippen LogP contribution < -0.4 is 11.1 Å². The van der Waals surface area contributed by atoms with Crippen molar-refractivity contribution in [1.29, 1.82) is 0 Å². The quantitative estimate of drug-likeness (QED) is 0.828. The summed E-state index contributed by atoms with van der Waals surface area (Å²) >= 11 is 3.16. The van der Waals surface area contributed by atoms with E-state index >= 15 is 0 Å². The lowest BCUT2D eigenvalue weighted by Gasteiger charge is -2.08. The fraction of sp³-hybridized carbons (Fsp3) is 0.0714. The van der Waals surface area contributed by atoms with Crippen molar-refractivity contribution in [3.63, 3.8) is 0 Å². The average Bonchev–Trinajstić information content (AvgIpc) is 2.31. The Hall–Kier alpha value is -1.88. The molecule has 1 amide bonds. The molecule has 0 saturated heterocycles. The van der Waals surface area contributed by atoms with E-state index in [9.17, 15) is 9.18 Å². The van der Waals surface area contributed by atoms with Crippen molar-refractivity contribution >= 4 is 33.2 Å². The predicted octanol–water partition coefficient (Wildman–Crippen LogP) is 3.73. The number of hydrogen-bond acceptors (Lipinski definition) is 2. The van der Waals surface area contributed by atoms with Crippen LogP contribution in [-0.4, -0.2) is 5.91 Å². The van der Waals surface area contributed by atoms with Gasteiger partial charge in [0.1, 0.15) is 5.82 Å². The second-order valence-corrected chi connectivity index (χ2v) is 5.13. The van der Waals surface area contributed by atoms with Crippen molar-refractivity contribution in [1.82, 2.24) is 0 Å². The minimum Gasteiger partial charge on any atom is -0.399 e. The van der Waals surface area contributed by atoms with Crippen molar-refractivity contribution in [2.75, 3.05) is 11.1 Å². The number of nitrogens with two attached hydrogens (primary N) is 1. The molecule has 0 aliphatic heterocycles. The second kappa shape index (κ2) is 5.40. The van der Waals surface area contributed by atoms with Crippen LogP contribution in [0.1, 0.15) is 15.9 Å². The third-order valence-corrected chi connectivity index (χ3v) is 3.03. The third-order valence-electron chi connectivity index (χ3n) is 2.54. The summed E-state index contributed by atoms with van der Waals surface area (Å²) in [5.74, 6) is -0.889. The normalized spacial score (nSPS) is 10.3. The number of benzene rings is 2. The highest BCUT2D eigenvalue weighted by Gasteiger charge is 2.10. The molecular formula is C14H12BrFN2O. The highest BCUT2D eigenvalue weighted by Crippen LogP contribution is 2.20. The first-order valence-electron chi connectivity index (χ1n) is 5.59. The van der Waals surface area contributed by atoms with Gasteiger partial charge in [-0.1, -0.05) is 15.9 Å². The van der Waals surface area contributed by atoms with Gasteiger partial charge in [-0.15, -0.1) is 0 Å². The van der Waals surface area contributed by atoms with E-state index in [1.165, 1.54) is 12.1 Å². The number of nitrogens with one attached hydrogen (secondary N) is 1. The van der Waals surface area contributed by atoms with Gasteiger partial charge in [-0.2, -0.15) is 0 Å². The zero-order chi connectivity index (χ0) is 14.0. The number of rotatable bonds is 2. The van der Waals surface area contributed by atoms with Gasteiger partial charge in [0.25, 0.3) is 5.91 Å². The summed E-state index contributed by atoms with van der Waals surface area (Å²) in [7, 11) is 0. The highest BCUT2D eigenvalue weighted by atomic mass is 79.9. The smallest absolute Gasteiger partial charge is 0.255 e. The topological polar surface area (TPSA) is 55.1 Å². The molecule has 3 nitrogen and oxygen atoms in total. The van der Waals surface area contributed by atoms with Crippen LogP contribution in [0.3, 0.4) is 0 Å². The molecule has 0 saturated carbocycles. The summed E-state index contributed by atoms with van der Waals surface area (Å²) in [5, 5.41) is 2.52. The van der Waals surface area contributed by atoms with Gasteiger partial charge in [0.2, 0.25) is 0 Å². The van der Waals surface area contributed by atoms with Crippen LogP contribution in [0.2, 0.25) is 0 Å². The molecule has 0 radical (unpaired) electrons. The predicted molar refractivity (Wildman–Crippen MR) is 77.6 cm³/mol. The number of nitrogen functional groups attached to an aromatic ring is 1. The Morgan fingerprint density at radius 3 is 2.63 bits per heavy atom. The van der Waals surface area contributed by atoms with Crippen LogP contribution in [0.25, 0.3) is 0 Å². The van der Waals surface area contributed by atoms with Gasteiger partial charge < -0.3 is 11.1 Å². The summed E-state index contributed by atoms with van der Waals surface area (Å²) < 4.78 is 14.2. The van der Waals surface area contributed by atoms with Crippen LogP contribution >= 0.6 is 15.9 Å². The van der Waals surface area contributed by atoms with Crippen molar-refractivity contribution in [2.45, 2.75) is 6.92 Å². The molecule has 0 fully saturated rings. The fourth-order valence-electron chi connectivity index (χ4n) is 1.73. The van der Waals surface area contributed by atoms with Crippen molar-refractivity contribution in [3.05, 3.63) is 57.8 Å². The molecular weight excluding hydrogens is 311 g/mol. The monoisotopic (exact) mass is 322 g/mol. The molecule has 0 aromatic heterocycles. The first-order chi connectivity index (χ1) is 8.95. The zero-order valence-electron chi connectivity index (χ0n) is 10.2. The van der Waals surface area contributed by atoms with Crippen LogP contribution in [0.15, 0.2) is 40.9 Å². The molecule has 0 unspecified atom stereocenters. The zero-order valence-corrected chi connectivity index (χ0v) is 11.8. The lowest BCUT2D eigenvalue weighted by molar-refractivity contribution is 0.102. The number of hydrogen-bond donors (Lipinski definition) is 2. The van der Waals surface area contributed by atoms with Crippen molar-refractivity contribution in [3.8, 4) is 0 Å². The molecule has 3 N–H and O–H groups in total. The summed E-state index contributed by atoms with van der Waals surface area (Å²) in [6.07, 6.45) is 0. The van der Waals surface area contributed by atoms with E-state index in [2.05, 4.69) is 21.2 Å². The average molecular weight is 323 g/mol. The molecule has 5 heteroatoms. The van der Waals surface area contributed by atoms with E-state index in [0.717, 1.165) is 5.56 Å². The Bertz CT molecular complexity index is 623. The van der Waals surface area contributed by atoms with Crippen LogP contribution in [0.4, 0.5) is 15.8 Å². The molecule has 19 heavy (non-hydrogen) atoms. The van der Waals surface area contributed by atoms with Gasteiger partial charge in [0.05, 0.1) is 5.69 Å². The van der Waals surface area contributed by atoms with Crippen molar-refractivity contribution in [2.24, 2.45) is 0 Å². The first kappa shape index (κ1) is 13.5. The minimum absolute atomic E-state index is 0.133. The summed E-state index contributed by atoms with van der Waals surface area (Å²) in [6.45, 7) is 1.84. The van der Waals surface area contributed by atoms with Gasteiger partial charge in [-0.05, 0) is 48.9 Å². The van der Waals surface area contributed by atoms with E-state index in [1.54, 1.807) is 24.3 Å². The van der Waals surface area contributed by atoms with Gasteiger partial charge in [-0.3, -0.25) is 4.79 Å². The molecule has 0 aliphatic rings. The molecule has 98 valence electrons. The SMILES string of the molecule is Cc1cc(N)cc(C(=O)Nc2ccc(Br)cc2F)c1. The maximum Gasteiger partial charge on any atom is 0.255 e. The standard InChI is InChI=1S/C14H12BrFN2O/c1-8-4-9(6-11(17)5-8)14(19)18-13-3-2-10(15)7-12(13)16/h2-7H,17H2,1H3,(H,18,19). The largest absolute Gasteiger partial charge is 0.399 e. The lowest BCUT2D eigenvalue weighted by atomic mass is 10.1. The number of carbonyl (C=O) groups is 1. The van der Waals surface area contributed by atoms with Gasteiger partial charge >= 0.3 is 0 Å². The summed E-state index contributed by atoms with van der Waals surface area (Å²) in [6, 6.07) is 9.46. The maximum absolute atomic E-state index is 13.6. The number of anilines is 2.